The van der Waals surface area contributed by atoms with Gasteiger partial charge in [-0.15, -0.1) is 0 Å². The van der Waals surface area contributed by atoms with E-state index in [2.05, 4.69) is 15.5 Å². The summed E-state index contributed by atoms with van der Waals surface area (Å²) in [4.78, 5) is 28.6. The lowest BCUT2D eigenvalue weighted by molar-refractivity contribution is -0.117. The van der Waals surface area contributed by atoms with Gasteiger partial charge in [-0.1, -0.05) is 23.7 Å². The van der Waals surface area contributed by atoms with Crippen LogP contribution in [0.2, 0.25) is 5.02 Å². The van der Waals surface area contributed by atoms with E-state index in [0.717, 1.165) is 5.69 Å². The monoisotopic (exact) mass is 402 g/mol. The van der Waals surface area contributed by atoms with E-state index < -0.39 is 6.04 Å². The molecule has 1 fully saturated rings. The standard InChI is InChI=1S/C20H23ClN4O3/c1-14(19(27)23-16-5-3-7-18(26)13-16)22-20(28)25-10-8-24(9-11-25)17-6-2-4-15(21)12-17/h2-7,12-14,26H,8-11H2,1H3,(H,22,28)(H,23,27)/t14-/m0/s1. The Balaban J connectivity index is 1.49. The Kier molecular flexibility index (Phi) is 6.26. The Hall–Kier alpha value is -2.93. The summed E-state index contributed by atoms with van der Waals surface area (Å²) in [7, 11) is 0. The molecule has 3 rings (SSSR count). The van der Waals surface area contributed by atoms with Crippen LogP contribution in [0.25, 0.3) is 0 Å². The zero-order chi connectivity index (χ0) is 20.1. The fraction of sp³-hybridized carbons (Fsp3) is 0.300. The number of halogens is 1. The normalized spacial score (nSPS) is 15.1. The minimum Gasteiger partial charge on any atom is -0.508 e. The summed E-state index contributed by atoms with van der Waals surface area (Å²) in [6.07, 6.45) is 0. The molecular formula is C20H23ClN4O3. The lowest BCUT2D eigenvalue weighted by Crippen LogP contribution is -2.54. The third kappa shape index (κ3) is 5.07. The third-order valence-electron chi connectivity index (χ3n) is 4.59. The second-order valence-electron chi connectivity index (χ2n) is 6.66. The molecular weight excluding hydrogens is 380 g/mol. The molecule has 0 unspecified atom stereocenters. The van der Waals surface area contributed by atoms with Crippen LogP contribution in [0.15, 0.2) is 48.5 Å². The number of amides is 3. The highest BCUT2D eigenvalue weighted by Gasteiger charge is 2.24. The molecule has 0 radical (unpaired) electrons. The van der Waals surface area contributed by atoms with E-state index in [4.69, 9.17) is 11.6 Å². The number of aromatic hydroxyl groups is 1. The molecule has 1 saturated heterocycles. The van der Waals surface area contributed by atoms with Gasteiger partial charge in [-0.3, -0.25) is 4.79 Å². The second-order valence-corrected chi connectivity index (χ2v) is 7.10. The summed E-state index contributed by atoms with van der Waals surface area (Å²) in [5.74, 6) is -0.288. The molecule has 8 heteroatoms. The molecule has 2 aromatic carbocycles. The van der Waals surface area contributed by atoms with Gasteiger partial charge in [0, 0.05) is 48.6 Å². The number of carbonyl (C=O) groups is 2. The van der Waals surface area contributed by atoms with Crippen molar-refractivity contribution < 1.29 is 14.7 Å². The maximum absolute atomic E-state index is 12.5. The smallest absolute Gasteiger partial charge is 0.318 e. The highest BCUT2D eigenvalue weighted by atomic mass is 35.5. The minimum absolute atomic E-state index is 0.0621. The molecule has 0 saturated carbocycles. The summed E-state index contributed by atoms with van der Waals surface area (Å²) in [5, 5.41) is 15.5. The van der Waals surface area contributed by atoms with Crippen molar-refractivity contribution in [2.45, 2.75) is 13.0 Å². The van der Waals surface area contributed by atoms with Gasteiger partial charge in [0.25, 0.3) is 0 Å². The zero-order valence-corrected chi connectivity index (χ0v) is 16.3. The number of piperazine rings is 1. The maximum atomic E-state index is 12.5. The van der Waals surface area contributed by atoms with Crippen molar-refractivity contribution in [2.75, 3.05) is 36.4 Å². The van der Waals surface area contributed by atoms with Gasteiger partial charge in [0.05, 0.1) is 0 Å². The van der Waals surface area contributed by atoms with Crippen LogP contribution in [0.3, 0.4) is 0 Å². The number of carbonyl (C=O) groups excluding carboxylic acids is 2. The lowest BCUT2D eigenvalue weighted by Gasteiger charge is -2.36. The van der Waals surface area contributed by atoms with Gasteiger partial charge in [0.15, 0.2) is 0 Å². The average Bonchev–Trinajstić information content (AvgIpc) is 2.68. The minimum atomic E-state index is -0.708. The van der Waals surface area contributed by atoms with E-state index in [1.54, 1.807) is 24.0 Å². The number of nitrogens with one attached hydrogen (secondary N) is 2. The molecule has 1 atom stereocenters. The number of urea groups is 1. The van der Waals surface area contributed by atoms with Crippen molar-refractivity contribution >= 4 is 34.9 Å². The van der Waals surface area contributed by atoms with Crippen molar-refractivity contribution in [1.29, 1.82) is 0 Å². The largest absolute Gasteiger partial charge is 0.508 e. The number of phenols is 1. The molecule has 2 aromatic rings. The predicted octanol–water partition coefficient (Wildman–Crippen LogP) is 2.90. The Labute approximate surface area is 168 Å². The van der Waals surface area contributed by atoms with Crippen LogP contribution >= 0.6 is 11.6 Å². The first-order valence-electron chi connectivity index (χ1n) is 9.08. The van der Waals surface area contributed by atoms with E-state index in [0.29, 0.717) is 36.9 Å². The highest BCUT2D eigenvalue weighted by Crippen LogP contribution is 2.21. The predicted molar refractivity (Wildman–Crippen MR) is 110 cm³/mol. The summed E-state index contributed by atoms with van der Waals surface area (Å²) in [6.45, 7) is 4.12. The Morgan fingerprint density at radius 1 is 1.07 bits per heavy atom. The quantitative estimate of drug-likeness (QED) is 0.734. The number of phenolic OH excluding ortho intramolecular Hbond substituents is 1. The molecule has 0 aromatic heterocycles. The molecule has 0 bridgehead atoms. The first kappa shape index (κ1) is 19.8. The molecule has 0 spiro atoms. The van der Waals surface area contributed by atoms with E-state index >= 15 is 0 Å². The molecule has 3 N–H and O–H groups in total. The zero-order valence-electron chi connectivity index (χ0n) is 15.6. The van der Waals surface area contributed by atoms with Crippen molar-refractivity contribution in [1.82, 2.24) is 10.2 Å². The molecule has 0 aliphatic carbocycles. The fourth-order valence-corrected chi connectivity index (χ4v) is 3.20. The highest BCUT2D eigenvalue weighted by molar-refractivity contribution is 6.30. The van der Waals surface area contributed by atoms with Gasteiger partial charge in [-0.2, -0.15) is 0 Å². The number of benzene rings is 2. The van der Waals surface area contributed by atoms with Crippen molar-refractivity contribution in [2.24, 2.45) is 0 Å². The molecule has 1 aliphatic heterocycles. The first-order chi connectivity index (χ1) is 13.4. The van der Waals surface area contributed by atoms with Gasteiger partial charge in [0.1, 0.15) is 11.8 Å². The Bertz CT molecular complexity index is 853. The van der Waals surface area contributed by atoms with Gasteiger partial charge < -0.3 is 25.5 Å². The number of nitrogens with zero attached hydrogens (tertiary/aromatic N) is 2. The van der Waals surface area contributed by atoms with Crippen LogP contribution < -0.4 is 15.5 Å². The second kappa shape index (κ2) is 8.84. The maximum Gasteiger partial charge on any atom is 0.318 e. The van der Waals surface area contributed by atoms with Crippen LogP contribution in [-0.2, 0) is 4.79 Å². The molecule has 148 valence electrons. The molecule has 28 heavy (non-hydrogen) atoms. The van der Waals surface area contributed by atoms with Crippen molar-refractivity contribution in [3.63, 3.8) is 0 Å². The lowest BCUT2D eigenvalue weighted by atomic mass is 10.2. The van der Waals surface area contributed by atoms with Crippen molar-refractivity contribution in [3.8, 4) is 5.75 Å². The van der Waals surface area contributed by atoms with Gasteiger partial charge >= 0.3 is 6.03 Å². The summed E-state index contributed by atoms with van der Waals surface area (Å²) >= 11 is 6.04. The van der Waals surface area contributed by atoms with Gasteiger partial charge in [0.2, 0.25) is 5.91 Å². The van der Waals surface area contributed by atoms with Crippen molar-refractivity contribution in [3.05, 3.63) is 53.6 Å². The van der Waals surface area contributed by atoms with Gasteiger partial charge in [-0.05, 0) is 37.3 Å². The summed E-state index contributed by atoms with van der Waals surface area (Å²) in [5.41, 5.74) is 1.51. The summed E-state index contributed by atoms with van der Waals surface area (Å²) in [6, 6.07) is 12.9. The third-order valence-corrected chi connectivity index (χ3v) is 4.82. The fourth-order valence-electron chi connectivity index (χ4n) is 3.02. The number of hydrogen-bond acceptors (Lipinski definition) is 4. The molecule has 1 aliphatic rings. The number of hydrogen-bond donors (Lipinski definition) is 3. The topological polar surface area (TPSA) is 84.9 Å². The molecule has 1 heterocycles. The van der Waals surface area contributed by atoms with Crippen LogP contribution in [0.4, 0.5) is 16.2 Å². The number of rotatable bonds is 4. The van der Waals surface area contributed by atoms with E-state index in [-0.39, 0.29) is 17.7 Å². The van der Waals surface area contributed by atoms with Crippen LogP contribution in [0.1, 0.15) is 6.92 Å². The van der Waals surface area contributed by atoms with E-state index in [9.17, 15) is 14.7 Å². The SMILES string of the molecule is C[C@H](NC(=O)N1CCN(c2cccc(Cl)c2)CC1)C(=O)Nc1cccc(O)c1. The van der Waals surface area contributed by atoms with Crippen LogP contribution in [0.5, 0.6) is 5.75 Å². The first-order valence-corrected chi connectivity index (χ1v) is 9.46. The number of anilines is 2. The molecule has 3 amide bonds. The Morgan fingerprint density at radius 2 is 1.79 bits per heavy atom. The average molecular weight is 403 g/mol. The molecule has 7 nitrogen and oxygen atoms in total. The summed E-state index contributed by atoms with van der Waals surface area (Å²) < 4.78 is 0. The van der Waals surface area contributed by atoms with Gasteiger partial charge in [-0.25, -0.2) is 4.79 Å². The van der Waals surface area contributed by atoms with Crippen LogP contribution in [-0.4, -0.2) is 54.2 Å². The van der Waals surface area contributed by atoms with E-state index in [1.165, 1.54) is 12.1 Å². The van der Waals surface area contributed by atoms with E-state index in [1.807, 2.05) is 24.3 Å². The van der Waals surface area contributed by atoms with Crippen LogP contribution in [0, 0.1) is 0 Å². The Morgan fingerprint density at radius 3 is 2.46 bits per heavy atom.